The van der Waals surface area contributed by atoms with E-state index in [9.17, 15) is 24.5 Å². The number of hydrogen-bond acceptors (Lipinski definition) is 5. The van der Waals surface area contributed by atoms with Crippen LogP contribution < -0.4 is 0 Å². The maximum absolute atomic E-state index is 11.9. The van der Waals surface area contributed by atoms with Crippen LogP contribution in [0.5, 0.6) is 0 Å². The standard InChI is InChI=1S/C11H8N2O5/c14-9-5-6-10(15)12(9)11(16)7-1-3-8(4-2-7)13(17)18/h1-4H,5-6H2. The fourth-order valence-corrected chi connectivity index (χ4v) is 1.66. The minimum Gasteiger partial charge on any atom is -0.274 e. The van der Waals surface area contributed by atoms with Crippen LogP contribution >= 0.6 is 0 Å². The molecular weight excluding hydrogens is 240 g/mol. The molecule has 0 spiro atoms. The third kappa shape index (κ3) is 1.97. The maximum Gasteiger partial charge on any atom is 0.269 e. The molecule has 7 nitrogen and oxygen atoms in total. The van der Waals surface area contributed by atoms with Crippen LogP contribution in [-0.4, -0.2) is 27.5 Å². The highest BCUT2D eigenvalue weighted by molar-refractivity contribution is 6.19. The number of imide groups is 3. The summed E-state index contributed by atoms with van der Waals surface area (Å²) in [4.78, 5) is 45.0. The van der Waals surface area contributed by atoms with E-state index in [0.717, 1.165) is 12.1 Å². The summed E-state index contributed by atoms with van der Waals surface area (Å²) in [7, 11) is 0. The minimum absolute atomic E-state index is 0.0254. The molecule has 0 aliphatic carbocycles. The molecule has 0 aromatic heterocycles. The van der Waals surface area contributed by atoms with Crippen molar-refractivity contribution in [3.05, 3.63) is 39.9 Å². The first kappa shape index (κ1) is 11.9. The summed E-state index contributed by atoms with van der Waals surface area (Å²) in [6, 6.07) is 4.75. The van der Waals surface area contributed by atoms with Crippen molar-refractivity contribution in [1.29, 1.82) is 0 Å². The van der Waals surface area contributed by atoms with Gasteiger partial charge in [-0.05, 0) is 12.1 Å². The van der Waals surface area contributed by atoms with Crippen LogP contribution in [0.4, 0.5) is 5.69 Å². The molecule has 1 aliphatic rings. The minimum atomic E-state index is -0.739. The Kier molecular flexibility index (Phi) is 2.88. The predicted octanol–water partition coefficient (Wildman–Crippen LogP) is 0.884. The van der Waals surface area contributed by atoms with Gasteiger partial charge in [0.15, 0.2) is 0 Å². The lowest BCUT2D eigenvalue weighted by Crippen LogP contribution is -2.35. The van der Waals surface area contributed by atoms with E-state index in [2.05, 4.69) is 0 Å². The van der Waals surface area contributed by atoms with E-state index in [1.165, 1.54) is 12.1 Å². The van der Waals surface area contributed by atoms with Crippen LogP contribution in [0.25, 0.3) is 0 Å². The topological polar surface area (TPSA) is 97.6 Å². The quantitative estimate of drug-likeness (QED) is 0.439. The summed E-state index contributed by atoms with van der Waals surface area (Å²) >= 11 is 0. The molecule has 2 rings (SSSR count). The molecule has 18 heavy (non-hydrogen) atoms. The summed E-state index contributed by atoms with van der Waals surface area (Å²) in [6.45, 7) is 0. The summed E-state index contributed by atoms with van der Waals surface area (Å²) in [6.07, 6.45) is 0.0507. The number of nitro groups is 1. The third-order valence-electron chi connectivity index (χ3n) is 2.58. The van der Waals surface area contributed by atoms with E-state index in [4.69, 9.17) is 0 Å². The Hall–Kier alpha value is -2.57. The molecule has 1 saturated heterocycles. The number of benzene rings is 1. The zero-order chi connectivity index (χ0) is 13.3. The Morgan fingerprint density at radius 1 is 1.11 bits per heavy atom. The smallest absolute Gasteiger partial charge is 0.269 e. The fourth-order valence-electron chi connectivity index (χ4n) is 1.66. The highest BCUT2D eigenvalue weighted by atomic mass is 16.6. The van der Waals surface area contributed by atoms with Crippen LogP contribution in [0.3, 0.4) is 0 Å². The van der Waals surface area contributed by atoms with Gasteiger partial charge in [-0.25, -0.2) is 4.90 Å². The summed E-state index contributed by atoms with van der Waals surface area (Å²) < 4.78 is 0. The van der Waals surface area contributed by atoms with E-state index in [1.54, 1.807) is 0 Å². The molecule has 1 aliphatic heterocycles. The van der Waals surface area contributed by atoms with Gasteiger partial charge >= 0.3 is 0 Å². The highest BCUT2D eigenvalue weighted by Gasteiger charge is 2.34. The number of carbonyl (C=O) groups excluding carboxylic acids is 3. The van der Waals surface area contributed by atoms with Crippen molar-refractivity contribution in [2.45, 2.75) is 12.8 Å². The van der Waals surface area contributed by atoms with Crippen LogP contribution in [0.1, 0.15) is 23.2 Å². The Morgan fingerprint density at radius 3 is 2.06 bits per heavy atom. The molecule has 0 unspecified atom stereocenters. The Morgan fingerprint density at radius 2 is 1.61 bits per heavy atom. The normalized spacial score (nSPS) is 15.0. The monoisotopic (exact) mass is 248 g/mol. The Bertz CT molecular complexity index is 533. The van der Waals surface area contributed by atoms with Crippen molar-refractivity contribution >= 4 is 23.4 Å². The van der Waals surface area contributed by atoms with Crippen molar-refractivity contribution in [2.24, 2.45) is 0 Å². The lowest BCUT2D eigenvalue weighted by molar-refractivity contribution is -0.384. The van der Waals surface area contributed by atoms with Crippen LogP contribution in [-0.2, 0) is 9.59 Å². The van der Waals surface area contributed by atoms with Gasteiger partial charge in [0.25, 0.3) is 11.6 Å². The average Bonchev–Trinajstić information content (AvgIpc) is 2.68. The summed E-state index contributed by atoms with van der Waals surface area (Å²) in [5.41, 5.74) is -0.0881. The van der Waals surface area contributed by atoms with E-state index in [1.807, 2.05) is 0 Å². The molecule has 1 fully saturated rings. The van der Waals surface area contributed by atoms with Gasteiger partial charge in [0, 0.05) is 30.5 Å². The SMILES string of the molecule is O=C1CCC(=O)N1C(=O)c1ccc([N+](=O)[O-])cc1. The molecular formula is C11H8N2O5. The molecule has 1 aromatic rings. The summed E-state index contributed by atoms with van der Waals surface area (Å²) in [5, 5.41) is 10.4. The third-order valence-corrected chi connectivity index (χ3v) is 2.58. The molecule has 0 bridgehead atoms. The first-order valence-electron chi connectivity index (χ1n) is 5.15. The van der Waals surface area contributed by atoms with E-state index < -0.39 is 22.6 Å². The van der Waals surface area contributed by atoms with E-state index in [-0.39, 0.29) is 24.1 Å². The van der Waals surface area contributed by atoms with Gasteiger partial charge in [0.05, 0.1) is 4.92 Å². The van der Waals surface area contributed by atoms with Crippen molar-refractivity contribution < 1.29 is 19.3 Å². The first-order chi connectivity index (χ1) is 8.50. The molecule has 1 heterocycles. The van der Waals surface area contributed by atoms with Crippen LogP contribution in [0.15, 0.2) is 24.3 Å². The Balaban J connectivity index is 2.26. The Labute approximate surface area is 101 Å². The van der Waals surface area contributed by atoms with Gasteiger partial charge in [-0.3, -0.25) is 24.5 Å². The molecule has 0 N–H and O–H groups in total. The second-order valence-corrected chi connectivity index (χ2v) is 3.73. The van der Waals surface area contributed by atoms with Crippen molar-refractivity contribution in [3.8, 4) is 0 Å². The zero-order valence-corrected chi connectivity index (χ0v) is 9.16. The maximum atomic E-state index is 11.9. The second kappa shape index (κ2) is 4.36. The molecule has 3 amide bonds. The van der Waals surface area contributed by atoms with Gasteiger partial charge in [-0.1, -0.05) is 0 Å². The van der Waals surface area contributed by atoms with Gasteiger partial charge < -0.3 is 0 Å². The first-order valence-corrected chi connectivity index (χ1v) is 5.15. The lowest BCUT2D eigenvalue weighted by atomic mass is 10.2. The van der Waals surface area contributed by atoms with Crippen LogP contribution in [0.2, 0.25) is 0 Å². The van der Waals surface area contributed by atoms with Gasteiger partial charge in [0.1, 0.15) is 0 Å². The molecule has 1 aromatic carbocycles. The summed E-state index contributed by atoms with van der Waals surface area (Å²) in [5.74, 6) is -1.82. The van der Waals surface area contributed by atoms with Crippen molar-refractivity contribution in [1.82, 2.24) is 4.90 Å². The van der Waals surface area contributed by atoms with Gasteiger partial charge in [0.2, 0.25) is 11.8 Å². The number of nitrogens with zero attached hydrogens (tertiary/aromatic N) is 2. The van der Waals surface area contributed by atoms with Crippen molar-refractivity contribution in [2.75, 3.05) is 0 Å². The highest BCUT2D eigenvalue weighted by Crippen LogP contribution is 2.18. The number of likely N-dealkylation sites (tertiary alicyclic amines) is 1. The van der Waals surface area contributed by atoms with Gasteiger partial charge in [-0.15, -0.1) is 0 Å². The largest absolute Gasteiger partial charge is 0.274 e. The lowest BCUT2D eigenvalue weighted by Gasteiger charge is -2.11. The molecule has 0 radical (unpaired) electrons. The number of non-ortho nitro benzene ring substituents is 1. The van der Waals surface area contributed by atoms with Gasteiger partial charge in [-0.2, -0.15) is 0 Å². The van der Waals surface area contributed by atoms with Crippen LogP contribution in [0, 0.1) is 10.1 Å². The van der Waals surface area contributed by atoms with E-state index >= 15 is 0 Å². The average molecular weight is 248 g/mol. The molecule has 7 heteroatoms. The molecule has 0 atom stereocenters. The van der Waals surface area contributed by atoms with Crippen molar-refractivity contribution in [3.63, 3.8) is 0 Å². The number of nitro benzene ring substituents is 1. The number of rotatable bonds is 2. The number of amides is 3. The molecule has 0 saturated carbocycles. The fraction of sp³-hybridized carbons (Fsp3) is 0.182. The number of hydrogen-bond donors (Lipinski definition) is 0. The zero-order valence-electron chi connectivity index (χ0n) is 9.16. The predicted molar refractivity (Wildman–Crippen MR) is 58.5 cm³/mol. The van der Waals surface area contributed by atoms with E-state index in [0.29, 0.717) is 4.90 Å². The molecule has 92 valence electrons. The number of carbonyl (C=O) groups is 3. The second-order valence-electron chi connectivity index (χ2n) is 3.73.